The van der Waals surface area contributed by atoms with E-state index in [1.807, 2.05) is 0 Å². The lowest BCUT2D eigenvalue weighted by atomic mass is 10.1. The predicted molar refractivity (Wildman–Crippen MR) is 81.9 cm³/mol. The molecule has 0 aliphatic heterocycles. The van der Waals surface area contributed by atoms with E-state index in [9.17, 15) is 10.1 Å². The summed E-state index contributed by atoms with van der Waals surface area (Å²) in [4.78, 5) is 10.2. The Morgan fingerprint density at radius 2 is 2.00 bits per heavy atom. The number of nitro groups is 1. The molecule has 0 saturated heterocycles. The molecule has 1 aromatic carbocycles. The van der Waals surface area contributed by atoms with Crippen LogP contribution in [0.25, 0.3) is 0 Å². The Morgan fingerprint density at radius 3 is 2.47 bits per heavy atom. The van der Waals surface area contributed by atoms with Gasteiger partial charge in [-0.05, 0) is 47.6 Å². The van der Waals surface area contributed by atoms with Crippen molar-refractivity contribution in [2.75, 3.05) is 7.11 Å². The van der Waals surface area contributed by atoms with Crippen LogP contribution in [-0.2, 0) is 4.74 Å². The molecule has 0 aromatic heterocycles. The number of nitro benzene ring substituents is 1. The van der Waals surface area contributed by atoms with Crippen molar-refractivity contribution in [3.05, 3.63) is 34.4 Å². The van der Waals surface area contributed by atoms with Gasteiger partial charge in [0.25, 0.3) is 5.69 Å². The van der Waals surface area contributed by atoms with Gasteiger partial charge in [-0.3, -0.25) is 10.1 Å². The number of benzene rings is 1. The van der Waals surface area contributed by atoms with Crippen molar-refractivity contribution in [2.24, 2.45) is 0 Å². The average Bonchev–Trinajstić information content (AvgIpc) is 2.43. The van der Waals surface area contributed by atoms with Crippen LogP contribution in [-0.4, -0.2) is 22.2 Å². The molecule has 0 aliphatic carbocycles. The van der Waals surface area contributed by atoms with Crippen LogP contribution in [0, 0.1) is 10.1 Å². The molecule has 2 unspecified atom stereocenters. The molecule has 0 bridgehead atoms. The van der Waals surface area contributed by atoms with E-state index in [0.717, 1.165) is 19.3 Å². The minimum absolute atomic E-state index is 0.0423. The lowest BCUT2D eigenvalue weighted by Gasteiger charge is -2.22. The van der Waals surface area contributed by atoms with Gasteiger partial charge in [-0.1, -0.05) is 13.3 Å². The largest absolute Gasteiger partial charge is 0.487 e. The number of unbranched alkanes of at least 4 members (excludes halogenated alkanes) is 1. The number of ether oxygens (including phenoxy) is 2. The van der Waals surface area contributed by atoms with Crippen LogP contribution in [0.1, 0.15) is 26.2 Å². The van der Waals surface area contributed by atoms with Crippen LogP contribution in [0.5, 0.6) is 5.75 Å². The summed E-state index contributed by atoms with van der Waals surface area (Å²) in [6, 6.07) is 6.13. The third kappa shape index (κ3) is 5.32. The molecular formula is C13H18INO4. The zero-order valence-electron chi connectivity index (χ0n) is 11.0. The molecule has 19 heavy (non-hydrogen) atoms. The van der Waals surface area contributed by atoms with Crippen LogP contribution in [0.2, 0.25) is 0 Å². The number of rotatable bonds is 8. The quantitative estimate of drug-likeness (QED) is 0.297. The maximum atomic E-state index is 10.6. The maximum Gasteiger partial charge on any atom is 0.269 e. The van der Waals surface area contributed by atoms with E-state index in [1.165, 1.54) is 12.1 Å². The molecule has 2 atom stereocenters. The van der Waals surface area contributed by atoms with Crippen molar-refractivity contribution < 1.29 is 14.4 Å². The van der Waals surface area contributed by atoms with Crippen molar-refractivity contribution in [1.29, 1.82) is 0 Å². The highest BCUT2D eigenvalue weighted by Gasteiger charge is 2.20. The number of halogens is 1. The minimum Gasteiger partial charge on any atom is -0.487 e. The van der Waals surface area contributed by atoms with Crippen LogP contribution in [0.15, 0.2) is 24.3 Å². The monoisotopic (exact) mass is 379 g/mol. The predicted octanol–water partition coefficient (Wildman–Crippen LogP) is 3.94. The first kappa shape index (κ1) is 16.2. The highest BCUT2D eigenvalue weighted by atomic mass is 127. The number of methoxy groups -OCH3 is 1. The van der Waals surface area contributed by atoms with Gasteiger partial charge < -0.3 is 9.47 Å². The summed E-state index contributed by atoms with van der Waals surface area (Å²) < 4.78 is 11.1. The maximum absolute atomic E-state index is 10.6. The summed E-state index contributed by atoms with van der Waals surface area (Å²) >= 11 is 2.20. The van der Waals surface area contributed by atoms with Gasteiger partial charge in [0.15, 0.2) is 0 Å². The first-order valence-corrected chi connectivity index (χ1v) is 7.41. The lowest BCUT2D eigenvalue weighted by molar-refractivity contribution is -0.384. The summed E-state index contributed by atoms with van der Waals surface area (Å²) in [7, 11) is 1.65. The van der Waals surface area contributed by atoms with E-state index >= 15 is 0 Å². The molecule has 0 spiro atoms. The smallest absolute Gasteiger partial charge is 0.269 e. The second-order valence-electron chi connectivity index (χ2n) is 4.14. The molecule has 0 heterocycles. The summed E-state index contributed by atoms with van der Waals surface area (Å²) in [5.41, 5.74) is 0.0650. The zero-order valence-corrected chi connectivity index (χ0v) is 13.2. The summed E-state index contributed by atoms with van der Waals surface area (Å²) in [5.74, 6) is 0.630. The summed E-state index contributed by atoms with van der Waals surface area (Å²) in [6.45, 7) is 2.12. The van der Waals surface area contributed by atoms with Crippen LogP contribution in [0.3, 0.4) is 0 Å². The molecular weight excluding hydrogens is 361 g/mol. The molecule has 0 radical (unpaired) electrons. The average molecular weight is 379 g/mol. The molecule has 1 rings (SSSR count). The highest BCUT2D eigenvalue weighted by Crippen LogP contribution is 2.23. The minimum atomic E-state index is -0.422. The molecule has 106 valence electrons. The topological polar surface area (TPSA) is 61.6 Å². The molecule has 0 fully saturated rings. The van der Waals surface area contributed by atoms with Gasteiger partial charge in [0, 0.05) is 19.2 Å². The van der Waals surface area contributed by atoms with Crippen LogP contribution < -0.4 is 4.74 Å². The fourth-order valence-electron chi connectivity index (χ4n) is 1.62. The Labute approximate surface area is 126 Å². The van der Waals surface area contributed by atoms with Crippen molar-refractivity contribution in [1.82, 2.24) is 0 Å². The first-order valence-electron chi connectivity index (χ1n) is 6.16. The van der Waals surface area contributed by atoms with E-state index in [-0.39, 0.29) is 15.9 Å². The van der Waals surface area contributed by atoms with E-state index < -0.39 is 4.92 Å². The fraction of sp³-hybridized carbons (Fsp3) is 0.538. The standard InChI is InChI=1S/C13H18INO4/c1-3-4-5-12(13(14)18-2)19-11-8-6-10(7-9-11)15(16)17/h6-9,12-13H,3-5H2,1-2H3. The van der Waals surface area contributed by atoms with Crippen LogP contribution in [0.4, 0.5) is 5.69 Å². The van der Waals surface area contributed by atoms with Gasteiger partial charge in [0.2, 0.25) is 0 Å². The fourth-order valence-corrected chi connectivity index (χ4v) is 2.13. The van der Waals surface area contributed by atoms with E-state index in [1.54, 1.807) is 19.2 Å². The van der Waals surface area contributed by atoms with Crippen molar-refractivity contribution >= 4 is 28.3 Å². The first-order chi connectivity index (χ1) is 9.08. The lowest BCUT2D eigenvalue weighted by Crippen LogP contribution is -2.28. The molecule has 0 aliphatic rings. The van der Waals surface area contributed by atoms with Crippen molar-refractivity contribution in [3.63, 3.8) is 0 Å². The number of alkyl halides is 1. The normalized spacial score (nSPS) is 13.8. The second kappa shape index (κ2) is 8.31. The highest BCUT2D eigenvalue weighted by molar-refractivity contribution is 14.1. The van der Waals surface area contributed by atoms with Crippen molar-refractivity contribution in [3.8, 4) is 5.75 Å². The van der Waals surface area contributed by atoms with E-state index in [0.29, 0.717) is 5.75 Å². The Bertz CT molecular complexity index is 396. The van der Waals surface area contributed by atoms with Gasteiger partial charge in [-0.15, -0.1) is 0 Å². The number of hydrogen-bond acceptors (Lipinski definition) is 4. The molecule has 0 amide bonds. The molecule has 0 saturated carbocycles. The second-order valence-corrected chi connectivity index (χ2v) is 5.36. The summed E-state index contributed by atoms with van der Waals surface area (Å²) in [5, 5.41) is 10.6. The van der Waals surface area contributed by atoms with Gasteiger partial charge in [-0.25, -0.2) is 0 Å². The van der Waals surface area contributed by atoms with Gasteiger partial charge >= 0.3 is 0 Å². The van der Waals surface area contributed by atoms with Gasteiger partial charge in [0.05, 0.1) is 4.92 Å². The Kier molecular flexibility index (Phi) is 7.07. The molecule has 5 nitrogen and oxygen atoms in total. The zero-order chi connectivity index (χ0) is 14.3. The number of nitrogens with zero attached hydrogens (tertiary/aromatic N) is 1. The van der Waals surface area contributed by atoms with E-state index in [4.69, 9.17) is 9.47 Å². The Morgan fingerprint density at radius 1 is 1.37 bits per heavy atom. The van der Waals surface area contributed by atoms with Gasteiger partial charge in [0.1, 0.15) is 16.0 Å². The van der Waals surface area contributed by atoms with E-state index in [2.05, 4.69) is 29.5 Å². The Hall–Kier alpha value is -0.890. The third-order valence-electron chi connectivity index (χ3n) is 2.69. The SMILES string of the molecule is CCCCC(Oc1ccc([N+](=O)[O-])cc1)C(I)OC. The van der Waals surface area contributed by atoms with Crippen molar-refractivity contribution in [2.45, 2.75) is 36.4 Å². The molecule has 1 aromatic rings. The summed E-state index contributed by atoms with van der Waals surface area (Å²) in [6.07, 6.45) is 3.00. The molecule has 0 N–H and O–H groups in total. The van der Waals surface area contributed by atoms with Gasteiger partial charge in [-0.2, -0.15) is 0 Å². The third-order valence-corrected chi connectivity index (χ3v) is 4.01. The number of hydrogen-bond donors (Lipinski definition) is 0. The number of non-ortho nitro benzene ring substituents is 1. The van der Waals surface area contributed by atoms with Crippen LogP contribution >= 0.6 is 22.6 Å². The Balaban J connectivity index is 2.69. The molecule has 6 heteroatoms.